The molecule has 0 aromatic heterocycles. The van der Waals surface area contributed by atoms with E-state index in [1.54, 1.807) is 52.8 Å². The van der Waals surface area contributed by atoms with Crippen LogP contribution in [0.4, 0.5) is 13.6 Å². The van der Waals surface area contributed by atoms with Crippen molar-refractivity contribution in [1.82, 2.24) is 16.0 Å². The lowest BCUT2D eigenvalue weighted by Crippen LogP contribution is -2.44. The summed E-state index contributed by atoms with van der Waals surface area (Å²) in [5.74, 6) is -4.55. The van der Waals surface area contributed by atoms with Crippen LogP contribution in [0.5, 0.6) is 11.5 Å². The molecule has 0 bridgehead atoms. The van der Waals surface area contributed by atoms with Gasteiger partial charge in [0, 0.05) is 18.9 Å². The summed E-state index contributed by atoms with van der Waals surface area (Å²) in [6, 6.07) is 5.23. The number of alkyl carbamates (subject to hydrolysis) is 1. The second-order valence-electron chi connectivity index (χ2n) is 9.59. The summed E-state index contributed by atoms with van der Waals surface area (Å²) in [6.45, 7) is 7.15. The van der Waals surface area contributed by atoms with Crippen LogP contribution in [0.3, 0.4) is 0 Å². The fourth-order valence-corrected chi connectivity index (χ4v) is 3.60. The summed E-state index contributed by atoms with van der Waals surface area (Å²) in [6.07, 6.45) is -1.03. The highest BCUT2D eigenvalue weighted by Crippen LogP contribution is 2.30. The van der Waals surface area contributed by atoms with Crippen molar-refractivity contribution in [3.8, 4) is 11.5 Å². The molecule has 1 aromatic rings. The Balaban J connectivity index is 2.57. The van der Waals surface area contributed by atoms with E-state index < -0.39 is 54.9 Å². The summed E-state index contributed by atoms with van der Waals surface area (Å²) in [4.78, 5) is 36.2. The molecule has 1 rings (SSSR count). The quantitative estimate of drug-likeness (QED) is 0.370. The summed E-state index contributed by atoms with van der Waals surface area (Å²) in [5.41, 5.74) is 0.0319. The van der Waals surface area contributed by atoms with Gasteiger partial charge in [-0.25, -0.2) is 13.6 Å². The minimum absolute atomic E-state index is 0.208. The molecule has 9 nitrogen and oxygen atoms in total. The number of amides is 3. The molecule has 36 heavy (non-hydrogen) atoms. The molecular weight excluding hydrogens is 476 g/mol. The van der Waals surface area contributed by atoms with Crippen molar-refractivity contribution in [1.29, 1.82) is 0 Å². The molecule has 0 saturated carbocycles. The normalized spacial score (nSPS) is 13.2. The Kier molecular flexibility index (Phi) is 11.9. The van der Waals surface area contributed by atoms with E-state index in [1.165, 1.54) is 14.2 Å². The van der Waals surface area contributed by atoms with Crippen LogP contribution < -0.4 is 25.4 Å². The second kappa shape index (κ2) is 13.8. The number of alkyl halides is 2. The Hall–Kier alpha value is -3.11. The SMILES string of the molecule is CCC(C(=O)NCc1ccc(OC)c(OC)c1)[C@@H](C)CC(F)(F)CNC(=O)CNC(=O)OC(C)(C)C. The first kappa shape index (κ1) is 30.9. The predicted molar refractivity (Wildman–Crippen MR) is 131 cm³/mol. The van der Waals surface area contributed by atoms with Crippen molar-refractivity contribution < 1.29 is 37.4 Å². The summed E-state index contributed by atoms with van der Waals surface area (Å²) >= 11 is 0. The number of carbonyl (C=O) groups is 3. The van der Waals surface area contributed by atoms with E-state index in [0.29, 0.717) is 17.9 Å². The van der Waals surface area contributed by atoms with E-state index in [1.807, 2.05) is 0 Å². The standard InChI is InChI=1S/C25H39F2N3O6/c1-8-18(22(32)28-13-17-9-10-19(34-6)20(11-17)35-7)16(2)12-25(26,27)15-30-21(31)14-29-23(33)36-24(3,4)5/h9-11,16,18H,8,12-15H2,1-7H3,(H,28,32)(H,29,33)(H,30,31)/t16-,18?/m0/s1. The molecule has 11 heteroatoms. The number of halogens is 2. The lowest BCUT2D eigenvalue weighted by molar-refractivity contribution is -0.129. The summed E-state index contributed by atoms with van der Waals surface area (Å²) in [5, 5.41) is 7.13. The van der Waals surface area contributed by atoms with Crippen LogP contribution in [-0.2, 0) is 20.9 Å². The molecule has 0 radical (unpaired) electrons. The van der Waals surface area contributed by atoms with Crippen molar-refractivity contribution in [3.63, 3.8) is 0 Å². The number of ether oxygens (including phenoxy) is 3. The highest BCUT2D eigenvalue weighted by atomic mass is 19.3. The van der Waals surface area contributed by atoms with Gasteiger partial charge in [-0.3, -0.25) is 9.59 Å². The number of rotatable bonds is 13. The smallest absolute Gasteiger partial charge is 0.408 e. The minimum atomic E-state index is -3.24. The fraction of sp³-hybridized carbons (Fsp3) is 0.640. The van der Waals surface area contributed by atoms with Crippen molar-refractivity contribution in [2.45, 2.75) is 65.5 Å². The van der Waals surface area contributed by atoms with Crippen LogP contribution in [0, 0.1) is 11.8 Å². The lowest BCUT2D eigenvalue weighted by Gasteiger charge is -2.26. The monoisotopic (exact) mass is 515 g/mol. The zero-order valence-electron chi connectivity index (χ0n) is 22.1. The molecule has 0 heterocycles. The van der Waals surface area contributed by atoms with E-state index in [0.717, 1.165) is 5.56 Å². The number of carbonyl (C=O) groups excluding carboxylic acids is 3. The van der Waals surface area contributed by atoms with E-state index in [9.17, 15) is 23.2 Å². The third kappa shape index (κ3) is 11.1. The Bertz CT molecular complexity index is 889. The first-order valence-electron chi connectivity index (χ1n) is 11.8. The van der Waals surface area contributed by atoms with E-state index in [-0.39, 0.29) is 12.5 Å². The molecule has 0 spiro atoms. The van der Waals surface area contributed by atoms with Gasteiger partial charge in [0.15, 0.2) is 11.5 Å². The van der Waals surface area contributed by atoms with Crippen LogP contribution >= 0.6 is 0 Å². The average molecular weight is 516 g/mol. The van der Waals surface area contributed by atoms with Gasteiger partial charge >= 0.3 is 6.09 Å². The van der Waals surface area contributed by atoms with Crippen LogP contribution in [-0.4, -0.2) is 56.7 Å². The highest BCUT2D eigenvalue weighted by molar-refractivity contribution is 5.82. The molecular formula is C25H39F2N3O6. The molecule has 0 saturated heterocycles. The number of nitrogens with one attached hydrogen (secondary N) is 3. The molecule has 1 aromatic carbocycles. The minimum Gasteiger partial charge on any atom is -0.493 e. The van der Waals surface area contributed by atoms with E-state index >= 15 is 0 Å². The molecule has 1 unspecified atom stereocenters. The maximum atomic E-state index is 14.5. The summed E-state index contributed by atoms with van der Waals surface area (Å²) < 4.78 is 44.5. The first-order chi connectivity index (χ1) is 16.7. The zero-order chi connectivity index (χ0) is 27.5. The number of hydrogen-bond acceptors (Lipinski definition) is 6. The average Bonchev–Trinajstić information content (AvgIpc) is 2.78. The van der Waals surface area contributed by atoms with Crippen molar-refractivity contribution in [2.24, 2.45) is 11.8 Å². The van der Waals surface area contributed by atoms with Crippen LogP contribution in [0.2, 0.25) is 0 Å². The predicted octanol–water partition coefficient (Wildman–Crippen LogP) is 3.65. The third-order valence-electron chi connectivity index (χ3n) is 5.34. The van der Waals surface area contributed by atoms with Gasteiger partial charge in [-0.15, -0.1) is 0 Å². The second-order valence-corrected chi connectivity index (χ2v) is 9.59. The number of methoxy groups -OCH3 is 2. The molecule has 3 amide bonds. The number of benzene rings is 1. The Morgan fingerprint density at radius 2 is 1.64 bits per heavy atom. The van der Waals surface area contributed by atoms with Crippen molar-refractivity contribution in [2.75, 3.05) is 27.3 Å². The molecule has 3 N–H and O–H groups in total. The molecule has 0 aliphatic carbocycles. The van der Waals surface area contributed by atoms with E-state index in [2.05, 4.69) is 16.0 Å². The summed E-state index contributed by atoms with van der Waals surface area (Å²) in [7, 11) is 3.03. The topological polar surface area (TPSA) is 115 Å². The highest BCUT2D eigenvalue weighted by Gasteiger charge is 2.36. The maximum absolute atomic E-state index is 14.5. The van der Waals surface area contributed by atoms with Crippen LogP contribution in [0.25, 0.3) is 0 Å². The first-order valence-corrected chi connectivity index (χ1v) is 11.8. The van der Waals surface area contributed by atoms with Gasteiger partial charge in [0.2, 0.25) is 11.8 Å². The Morgan fingerprint density at radius 1 is 1.00 bits per heavy atom. The molecule has 0 fully saturated rings. The number of hydrogen-bond donors (Lipinski definition) is 3. The molecule has 0 aliphatic rings. The molecule has 0 aliphatic heterocycles. The lowest BCUT2D eigenvalue weighted by atomic mass is 9.86. The van der Waals surface area contributed by atoms with Gasteiger partial charge in [0.05, 0.1) is 27.3 Å². The molecule has 204 valence electrons. The van der Waals surface area contributed by atoms with Crippen LogP contribution in [0.1, 0.15) is 53.0 Å². The van der Waals surface area contributed by atoms with Gasteiger partial charge in [-0.2, -0.15) is 0 Å². The van der Waals surface area contributed by atoms with Crippen molar-refractivity contribution in [3.05, 3.63) is 23.8 Å². The van der Waals surface area contributed by atoms with Gasteiger partial charge < -0.3 is 30.2 Å². The Morgan fingerprint density at radius 3 is 2.19 bits per heavy atom. The molecule has 2 atom stereocenters. The maximum Gasteiger partial charge on any atom is 0.408 e. The zero-order valence-corrected chi connectivity index (χ0v) is 22.1. The van der Waals surface area contributed by atoms with Gasteiger partial charge in [0.1, 0.15) is 5.60 Å². The van der Waals surface area contributed by atoms with Gasteiger partial charge in [-0.1, -0.05) is 19.9 Å². The Labute approximate surface area is 211 Å². The van der Waals surface area contributed by atoms with Crippen molar-refractivity contribution >= 4 is 17.9 Å². The third-order valence-corrected chi connectivity index (χ3v) is 5.34. The van der Waals surface area contributed by atoms with Crippen LogP contribution in [0.15, 0.2) is 18.2 Å². The van der Waals surface area contributed by atoms with Gasteiger partial charge in [0.25, 0.3) is 5.92 Å². The van der Waals surface area contributed by atoms with E-state index in [4.69, 9.17) is 14.2 Å². The fourth-order valence-electron chi connectivity index (χ4n) is 3.60. The largest absolute Gasteiger partial charge is 0.493 e. The van der Waals surface area contributed by atoms with Gasteiger partial charge in [-0.05, 0) is 50.8 Å².